The molecule has 0 radical (unpaired) electrons. The summed E-state index contributed by atoms with van der Waals surface area (Å²) in [5.74, 6) is 2.42. The lowest BCUT2D eigenvalue weighted by molar-refractivity contribution is 0.173. The molecule has 2 atom stereocenters. The van der Waals surface area contributed by atoms with Crippen LogP contribution in [0.1, 0.15) is 31.0 Å². The van der Waals surface area contributed by atoms with Gasteiger partial charge in [0.1, 0.15) is 11.6 Å². The minimum atomic E-state index is -0.478. The number of nitrogens with one attached hydrogen (secondary N) is 1. The molecule has 2 unspecified atom stereocenters. The molecule has 0 saturated carbocycles. The van der Waals surface area contributed by atoms with E-state index < -0.39 is 6.10 Å². The molecule has 7 nitrogen and oxygen atoms in total. The maximum absolute atomic E-state index is 9.72. The van der Waals surface area contributed by atoms with Gasteiger partial charge in [-0.05, 0) is 61.6 Å². The third kappa shape index (κ3) is 4.04. The van der Waals surface area contributed by atoms with E-state index in [4.69, 9.17) is 10.7 Å². The van der Waals surface area contributed by atoms with Gasteiger partial charge in [0.05, 0.1) is 23.5 Å². The Morgan fingerprint density at radius 1 is 1.37 bits per heavy atom. The zero-order chi connectivity index (χ0) is 21.3. The van der Waals surface area contributed by atoms with E-state index in [-0.39, 0.29) is 6.54 Å². The number of hydrogen-bond donors (Lipinski definition) is 3. The normalized spacial score (nSPS) is 18.2. The van der Waals surface area contributed by atoms with Crippen LogP contribution < -0.4 is 20.9 Å². The first-order valence-corrected chi connectivity index (χ1v) is 10.5. The fraction of sp³-hybridized carbons (Fsp3) is 0.391. The summed E-state index contributed by atoms with van der Waals surface area (Å²) < 4.78 is 0. The van der Waals surface area contributed by atoms with Gasteiger partial charge in [0, 0.05) is 25.8 Å². The van der Waals surface area contributed by atoms with Gasteiger partial charge in [-0.1, -0.05) is 13.2 Å². The van der Waals surface area contributed by atoms with Gasteiger partial charge >= 0.3 is 0 Å². The van der Waals surface area contributed by atoms with E-state index in [1.54, 1.807) is 6.20 Å². The van der Waals surface area contributed by atoms with Crippen molar-refractivity contribution < 1.29 is 5.11 Å². The largest absolute Gasteiger partial charge is 0.392 e. The third-order valence-electron chi connectivity index (χ3n) is 5.81. The summed E-state index contributed by atoms with van der Waals surface area (Å²) in [5.41, 5.74) is 9.58. The zero-order valence-electron chi connectivity index (χ0n) is 17.5. The van der Waals surface area contributed by atoms with Crippen molar-refractivity contribution in [2.75, 3.05) is 34.8 Å². The lowest BCUT2D eigenvalue weighted by atomic mass is 10.1. The van der Waals surface area contributed by atoms with Crippen LogP contribution in [0, 0.1) is 0 Å². The molecule has 2 bridgehead atoms. The highest BCUT2D eigenvalue weighted by Gasteiger charge is 2.38. The van der Waals surface area contributed by atoms with Crippen LogP contribution in [0.3, 0.4) is 0 Å². The molecule has 2 aromatic rings. The number of fused-ring (bicyclic) bond motifs is 4. The molecule has 4 rings (SSSR count). The summed E-state index contributed by atoms with van der Waals surface area (Å²) in [6, 6.07) is 8.46. The number of allylic oxidation sites excluding steroid dienone is 1. The van der Waals surface area contributed by atoms with Gasteiger partial charge in [-0.2, -0.15) is 0 Å². The molecule has 0 aliphatic carbocycles. The number of anilines is 3. The van der Waals surface area contributed by atoms with Crippen molar-refractivity contribution in [1.29, 1.82) is 0 Å². The Balaban J connectivity index is 1.56. The van der Waals surface area contributed by atoms with Crippen molar-refractivity contribution in [3.8, 4) is 0 Å². The number of aliphatic hydroxyl groups excluding tert-OH is 1. The first-order valence-electron chi connectivity index (χ1n) is 10.5. The van der Waals surface area contributed by atoms with E-state index in [1.165, 1.54) is 0 Å². The number of rotatable bonds is 8. The number of aryl methyl sites for hydroxylation is 1. The Labute approximate surface area is 177 Å². The molecule has 2 aliphatic rings. The van der Waals surface area contributed by atoms with E-state index in [2.05, 4.69) is 39.3 Å². The lowest BCUT2D eigenvalue weighted by Gasteiger charge is -2.38. The van der Waals surface area contributed by atoms with E-state index in [9.17, 15) is 5.11 Å². The van der Waals surface area contributed by atoms with Crippen molar-refractivity contribution >= 4 is 22.9 Å². The quantitative estimate of drug-likeness (QED) is 0.621. The number of pyridine rings is 2. The smallest absolute Gasteiger partial charge is 0.158 e. The zero-order valence-corrected chi connectivity index (χ0v) is 17.5. The average Bonchev–Trinajstić information content (AvgIpc) is 3.16. The van der Waals surface area contributed by atoms with Crippen LogP contribution in [0.4, 0.5) is 17.3 Å². The fourth-order valence-electron chi connectivity index (χ4n) is 4.15. The van der Waals surface area contributed by atoms with Crippen LogP contribution in [-0.2, 0) is 6.42 Å². The van der Waals surface area contributed by atoms with Gasteiger partial charge in [-0.15, -0.1) is 0 Å². The second-order valence-electron chi connectivity index (χ2n) is 8.13. The van der Waals surface area contributed by atoms with Gasteiger partial charge in [0.2, 0.25) is 0 Å². The maximum Gasteiger partial charge on any atom is 0.158 e. The lowest BCUT2D eigenvalue weighted by Crippen LogP contribution is -2.43. The summed E-state index contributed by atoms with van der Waals surface area (Å²) in [5, 5.41) is 13.1. The molecular weight excluding hydrogens is 376 g/mol. The van der Waals surface area contributed by atoms with Crippen LogP contribution in [0.5, 0.6) is 0 Å². The first-order chi connectivity index (χ1) is 14.5. The van der Waals surface area contributed by atoms with Crippen LogP contribution >= 0.6 is 0 Å². The van der Waals surface area contributed by atoms with E-state index in [0.717, 1.165) is 65.9 Å². The Hall–Kier alpha value is -2.90. The fourth-order valence-corrected chi connectivity index (χ4v) is 4.15. The first kappa shape index (κ1) is 20.4. The molecule has 158 valence electrons. The molecular formula is C23H30N6O. The molecule has 7 heteroatoms. The molecule has 2 aliphatic heterocycles. The summed E-state index contributed by atoms with van der Waals surface area (Å²) >= 11 is 0. The molecule has 30 heavy (non-hydrogen) atoms. The molecule has 0 spiro atoms. The Kier molecular flexibility index (Phi) is 5.74. The molecule has 4 N–H and O–H groups in total. The van der Waals surface area contributed by atoms with E-state index >= 15 is 0 Å². The molecule has 1 fully saturated rings. The predicted octanol–water partition coefficient (Wildman–Crippen LogP) is 2.74. The summed E-state index contributed by atoms with van der Waals surface area (Å²) in [4.78, 5) is 13.9. The van der Waals surface area contributed by atoms with Crippen molar-refractivity contribution in [2.24, 2.45) is 5.73 Å². The molecule has 2 aromatic heterocycles. The minimum absolute atomic E-state index is 0.277. The standard InChI is InChI=1S/C23H30N6O/c1-15(2)20-6-7-21-23(27-20)29(18-9-11-28(21)14-18)16(3)26-22-12-17(8-10-25-22)4-5-19(30)13-24/h6-8,10,12,18-19,30H,1,3-5,9,11,13-14,24H2,2H3,(H,25,26). The monoisotopic (exact) mass is 406 g/mol. The maximum atomic E-state index is 9.72. The summed E-state index contributed by atoms with van der Waals surface area (Å²) in [6.45, 7) is 12.6. The van der Waals surface area contributed by atoms with Gasteiger partial charge in [0.15, 0.2) is 5.82 Å². The number of aliphatic hydroxyl groups is 1. The van der Waals surface area contributed by atoms with Crippen LogP contribution in [-0.4, -0.2) is 46.9 Å². The Morgan fingerprint density at radius 2 is 2.20 bits per heavy atom. The average molecular weight is 407 g/mol. The van der Waals surface area contributed by atoms with Gasteiger partial charge in [0.25, 0.3) is 0 Å². The Morgan fingerprint density at radius 3 is 2.97 bits per heavy atom. The second kappa shape index (κ2) is 8.45. The van der Waals surface area contributed by atoms with Crippen LogP contribution in [0.15, 0.2) is 49.4 Å². The second-order valence-corrected chi connectivity index (χ2v) is 8.13. The number of nitrogens with zero attached hydrogens (tertiary/aromatic N) is 4. The Bertz CT molecular complexity index is 958. The number of nitrogens with two attached hydrogens (primary N) is 1. The highest BCUT2D eigenvalue weighted by atomic mass is 16.3. The van der Waals surface area contributed by atoms with Crippen molar-refractivity contribution in [1.82, 2.24) is 9.97 Å². The number of hydrogen-bond acceptors (Lipinski definition) is 7. The van der Waals surface area contributed by atoms with Crippen molar-refractivity contribution in [3.05, 3.63) is 60.7 Å². The number of aromatic nitrogens is 2. The van der Waals surface area contributed by atoms with Crippen molar-refractivity contribution in [3.63, 3.8) is 0 Å². The molecule has 1 saturated heterocycles. The minimum Gasteiger partial charge on any atom is -0.392 e. The van der Waals surface area contributed by atoms with Crippen molar-refractivity contribution in [2.45, 2.75) is 38.3 Å². The summed E-state index contributed by atoms with van der Waals surface area (Å²) in [6.07, 6.45) is 3.73. The predicted molar refractivity (Wildman–Crippen MR) is 122 cm³/mol. The molecule has 0 amide bonds. The SMILES string of the molecule is C=C(C)c1ccc2c(n1)N(C(=C)Nc1cc(CCC(O)CN)ccn1)C1CCN2C1. The topological polar surface area (TPSA) is 90.5 Å². The summed E-state index contributed by atoms with van der Waals surface area (Å²) in [7, 11) is 0. The van der Waals surface area contributed by atoms with Crippen LogP contribution in [0.25, 0.3) is 5.57 Å². The van der Waals surface area contributed by atoms with E-state index in [1.807, 2.05) is 25.1 Å². The van der Waals surface area contributed by atoms with Gasteiger partial charge in [-0.3, -0.25) is 0 Å². The molecule has 4 heterocycles. The van der Waals surface area contributed by atoms with E-state index in [0.29, 0.717) is 12.5 Å². The third-order valence-corrected chi connectivity index (χ3v) is 5.81. The highest BCUT2D eigenvalue weighted by Crippen LogP contribution is 2.41. The van der Waals surface area contributed by atoms with Crippen LogP contribution in [0.2, 0.25) is 0 Å². The highest BCUT2D eigenvalue weighted by molar-refractivity contribution is 5.77. The molecule has 0 aromatic carbocycles. The van der Waals surface area contributed by atoms with Gasteiger partial charge < -0.3 is 26.0 Å². The van der Waals surface area contributed by atoms with Gasteiger partial charge in [-0.25, -0.2) is 9.97 Å².